The summed E-state index contributed by atoms with van der Waals surface area (Å²) in [6.07, 6.45) is 0.236. The quantitative estimate of drug-likeness (QED) is 0.820. The lowest BCUT2D eigenvalue weighted by atomic mass is 10.1. The van der Waals surface area contributed by atoms with Gasteiger partial charge in [0.1, 0.15) is 5.60 Å². The summed E-state index contributed by atoms with van der Waals surface area (Å²) in [5.41, 5.74) is -0.546. The Morgan fingerprint density at radius 1 is 1.37 bits per heavy atom. The van der Waals surface area contributed by atoms with E-state index in [9.17, 15) is 9.59 Å². The highest BCUT2D eigenvalue weighted by Crippen LogP contribution is 2.44. The number of hydrogen-bond donors (Lipinski definition) is 1. The number of hydrogen-bond acceptors (Lipinski definition) is 4. The lowest BCUT2D eigenvalue weighted by Gasteiger charge is -2.36. The van der Waals surface area contributed by atoms with Gasteiger partial charge in [-0.15, -0.1) is 0 Å². The Morgan fingerprint density at radius 2 is 2.05 bits per heavy atom. The van der Waals surface area contributed by atoms with Crippen LogP contribution in [0.2, 0.25) is 0 Å². The number of nitrogens with zero attached hydrogens (tertiary/aromatic N) is 1. The molecule has 3 unspecified atom stereocenters. The minimum Gasteiger partial charge on any atom is -0.481 e. The Balaban J connectivity index is 2.01. The third kappa shape index (κ3) is 3.37. The summed E-state index contributed by atoms with van der Waals surface area (Å²) in [7, 11) is 0. The molecule has 1 aliphatic heterocycles. The summed E-state index contributed by atoms with van der Waals surface area (Å²) in [5.74, 6) is -1.15. The highest BCUT2D eigenvalue weighted by atomic mass is 16.6. The van der Waals surface area contributed by atoms with Gasteiger partial charge in [-0.3, -0.25) is 4.79 Å². The van der Waals surface area contributed by atoms with Crippen molar-refractivity contribution in [3.8, 4) is 0 Å². The first-order chi connectivity index (χ1) is 8.79. The van der Waals surface area contributed by atoms with Gasteiger partial charge >= 0.3 is 12.1 Å². The smallest absolute Gasteiger partial charge is 0.410 e. The molecule has 0 aromatic carbocycles. The van der Waals surface area contributed by atoms with E-state index in [2.05, 4.69) is 0 Å². The van der Waals surface area contributed by atoms with E-state index >= 15 is 0 Å². The molecule has 19 heavy (non-hydrogen) atoms. The number of amides is 1. The van der Waals surface area contributed by atoms with E-state index in [4.69, 9.17) is 14.6 Å². The second-order valence-corrected chi connectivity index (χ2v) is 6.16. The van der Waals surface area contributed by atoms with E-state index in [0.29, 0.717) is 26.2 Å². The van der Waals surface area contributed by atoms with E-state index in [0.717, 1.165) is 0 Å². The second-order valence-electron chi connectivity index (χ2n) is 6.16. The van der Waals surface area contributed by atoms with E-state index in [1.807, 2.05) is 20.8 Å². The van der Waals surface area contributed by atoms with Crippen LogP contribution in [0.5, 0.6) is 0 Å². The van der Waals surface area contributed by atoms with Gasteiger partial charge in [-0.25, -0.2) is 4.79 Å². The van der Waals surface area contributed by atoms with Crippen LogP contribution < -0.4 is 0 Å². The minimum absolute atomic E-state index is 0.00896. The van der Waals surface area contributed by atoms with Crippen molar-refractivity contribution in [1.82, 2.24) is 4.90 Å². The van der Waals surface area contributed by atoms with Crippen molar-refractivity contribution in [2.24, 2.45) is 11.8 Å². The van der Waals surface area contributed by atoms with E-state index < -0.39 is 11.6 Å². The van der Waals surface area contributed by atoms with E-state index in [1.54, 1.807) is 4.90 Å². The summed E-state index contributed by atoms with van der Waals surface area (Å²) in [4.78, 5) is 24.7. The van der Waals surface area contributed by atoms with Crippen LogP contribution in [0.1, 0.15) is 27.2 Å². The second kappa shape index (κ2) is 5.00. The molecule has 3 atom stereocenters. The van der Waals surface area contributed by atoms with Crippen LogP contribution in [0.4, 0.5) is 4.79 Å². The SMILES string of the molecule is CC(C)(C)OC(=O)N1CCOCC1C1CC1C(=O)O. The van der Waals surface area contributed by atoms with Crippen LogP contribution in [-0.2, 0) is 14.3 Å². The molecular formula is C13H21NO5. The molecule has 1 heterocycles. The number of rotatable bonds is 2. The van der Waals surface area contributed by atoms with E-state index in [-0.39, 0.29) is 24.0 Å². The van der Waals surface area contributed by atoms with Gasteiger partial charge in [-0.05, 0) is 33.1 Å². The zero-order chi connectivity index (χ0) is 14.2. The first-order valence-corrected chi connectivity index (χ1v) is 6.60. The molecule has 2 aliphatic rings. The fourth-order valence-corrected chi connectivity index (χ4v) is 2.45. The number of ether oxygens (including phenoxy) is 2. The molecule has 0 bridgehead atoms. The molecule has 0 aromatic rings. The highest BCUT2D eigenvalue weighted by Gasteiger charge is 2.51. The van der Waals surface area contributed by atoms with Crippen molar-refractivity contribution in [3.05, 3.63) is 0 Å². The van der Waals surface area contributed by atoms with Crippen molar-refractivity contribution >= 4 is 12.1 Å². The third-order valence-corrected chi connectivity index (χ3v) is 3.44. The number of morpholine rings is 1. The topological polar surface area (TPSA) is 76.1 Å². The van der Waals surface area contributed by atoms with Gasteiger partial charge in [0.15, 0.2) is 0 Å². The Morgan fingerprint density at radius 3 is 2.58 bits per heavy atom. The molecule has 2 fully saturated rings. The van der Waals surface area contributed by atoms with Crippen LogP contribution in [0.15, 0.2) is 0 Å². The average molecular weight is 271 g/mol. The molecule has 6 nitrogen and oxygen atoms in total. The summed E-state index contributed by atoms with van der Waals surface area (Å²) >= 11 is 0. The molecule has 108 valence electrons. The highest BCUT2D eigenvalue weighted by molar-refractivity contribution is 5.74. The lowest BCUT2D eigenvalue weighted by Crippen LogP contribution is -2.51. The Labute approximate surface area is 112 Å². The molecule has 2 rings (SSSR count). The van der Waals surface area contributed by atoms with Gasteiger partial charge in [0.25, 0.3) is 0 Å². The third-order valence-electron chi connectivity index (χ3n) is 3.44. The van der Waals surface area contributed by atoms with Gasteiger partial charge in [-0.2, -0.15) is 0 Å². The predicted octanol–water partition coefficient (Wildman–Crippen LogP) is 1.34. The number of aliphatic carboxylic acids is 1. The molecule has 1 aliphatic carbocycles. The summed E-state index contributed by atoms with van der Waals surface area (Å²) in [5, 5.41) is 8.99. The maximum absolute atomic E-state index is 12.1. The summed E-state index contributed by atoms with van der Waals surface area (Å²) in [6.45, 7) is 6.78. The number of carbonyl (C=O) groups excluding carboxylic acids is 1. The van der Waals surface area contributed by atoms with Gasteiger partial charge in [-0.1, -0.05) is 0 Å². The molecule has 6 heteroatoms. The van der Waals surface area contributed by atoms with Crippen molar-refractivity contribution in [3.63, 3.8) is 0 Å². The summed E-state index contributed by atoms with van der Waals surface area (Å²) in [6, 6.07) is -0.176. The predicted molar refractivity (Wildman–Crippen MR) is 66.8 cm³/mol. The molecule has 1 N–H and O–H groups in total. The molecule has 1 saturated heterocycles. The van der Waals surface area contributed by atoms with Crippen LogP contribution >= 0.6 is 0 Å². The van der Waals surface area contributed by atoms with Crippen molar-refractivity contribution in [2.45, 2.75) is 38.8 Å². The molecule has 1 saturated carbocycles. The standard InChI is InChI=1S/C13H21NO5/c1-13(2,3)19-12(17)14-4-5-18-7-10(14)8-6-9(8)11(15)16/h8-10H,4-7H2,1-3H3,(H,15,16). The molecule has 0 radical (unpaired) electrons. The van der Waals surface area contributed by atoms with Crippen LogP contribution in [0, 0.1) is 11.8 Å². The largest absolute Gasteiger partial charge is 0.481 e. The maximum atomic E-state index is 12.1. The van der Waals surface area contributed by atoms with Crippen LogP contribution in [-0.4, -0.2) is 53.5 Å². The first-order valence-electron chi connectivity index (χ1n) is 6.60. The Bertz CT molecular complexity index is 376. The first kappa shape index (κ1) is 14.1. The van der Waals surface area contributed by atoms with Gasteiger partial charge < -0.3 is 19.5 Å². The van der Waals surface area contributed by atoms with Crippen LogP contribution in [0.25, 0.3) is 0 Å². The van der Waals surface area contributed by atoms with Crippen molar-refractivity contribution < 1.29 is 24.2 Å². The number of carbonyl (C=O) groups is 2. The van der Waals surface area contributed by atoms with Gasteiger partial charge in [0, 0.05) is 6.54 Å². The van der Waals surface area contributed by atoms with Crippen molar-refractivity contribution in [2.75, 3.05) is 19.8 Å². The zero-order valence-corrected chi connectivity index (χ0v) is 11.6. The molecule has 1 amide bonds. The fraction of sp³-hybridized carbons (Fsp3) is 0.846. The Hall–Kier alpha value is -1.30. The van der Waals surface area contributed by atoms with E-state index in [1.165, 1.54) is 0 Å². The normalized spacial score (nSPS) is 30.9. The van der Waals surface area contributed by atoms with Crippen molar-refractivity contribution in [1.29, 1.82) is 0 Å². The number of carboxylic acid groups (broad SMARTS) is 1. The zero-order valence-electron chi connectivity index (χ0n) is 11.6. The lowest BCUT2D eigenvalue weighted by molar-refractivity contribution is -0.139. The van der Waals surface area contributed by atoms with Gasteiger partial charge in [0.05, 0.1) is 25.2 Å². The maximum Gasteiger partial charge on any atom is 0.410 e. The summed E-state index contributed by atoms with van der Waals surface area (Å²) < 4.78 is 10.7. The van der Waals surface area contributed by atoms with Crippen LogP contribution in [0.3, 0.4) is 0 Å². The number of carboxylic acids is 1. The monoisotopic (exact) mass is 271 g/mol. The Kier molecular flexibility index (Phi) is 3.71. The molecule has 0 aromatic heterocycles. The minimum atomic E-state index is -0.792. The fourth-order valence-electron chi connectivity index (χ4n) is 2.45. The molecular weight excluding hydrogens is 250 g/mol. The molecule has 0 spiro atoms. The van der Waals surface area contributed by atoms with Gasteiger partial charge in [0.2, 0.25) is 0 Å². The average Bonchev–Trinajstić information content (AvgIpc) is 3.06.